The number of hydrogen-bond acceptors (Lipinski definition) is 6. The number of aromatic nitrogens is 1. The molecule has 0 saturated heterocycles. The number of fused-ring (bicyclic) bond motifs is 1. The zero-order chi connectivity index (χ0) is 22.6. The topological polar surface area (TPSA) is 121 Å². The summed E-state index contributed by atoms with van der Waals surface area (Å²) in [4.78, 5) is 24.2. The molecule has 164 valence electrons. The summed E-state index contributed by atoms with van der Waals surface area (Å²) in [6, 6.07) is 11.8. The number of ketones is 1. The van der Waals surface area contributed by atoms with Crippen molar-refractivity contribution in [3.63, 3.8) is 0 Å². The highest BCUT2D eigenvalue weighted by atomic mass is 32.2. The highest BCUT2D eigenvalue weighted by molar-refractivity contribution is 7.88. The van der Waals surface area contributed by atoms with Crippen LogP contribution < -0.4 is 9.46 Å². The maximum absolute atomic E-state index is 13.1. The van der Waals surface area contributed by atoms with Crippen molar-refractivity contribution in [2.24, 2.45) is 0 Å². The second-order valence-corrected chi connectivity index (χ2v) is 8.93. The van der Waals surface area contributed by atoms with Crippen molar-refractivity contribution in [1.82, 2.24) is 9.29 Å². The lowest BCUT2D eigenvalue weighted by Crippen LogP contribution is -2.23. The maximum atomic E-state index is 13.1. The average molecular weight is 445 g/mol. The number of rotatable bonds is 10. The normalized spacial score (nSPS) is 11.5. The number of carbonyl (C=O) groups excluding carboxylic acids is 1. The van der Waals surface area contributed by atoms with Crippen molar-refractivity contribution < 1.29 is 22.9 Å². The molecule has 10 heteroatoms. The van der Waals surface area contributed by atoms with E-state index in [9.17, 15) is 23.3 Å². The lowest BCUT2D eigenvalue weighted by molar-refractivity contribution is -0.383. The van der Waals surface area contributed by atoms with Gasteiger partial charge in [0.1, 0.15) is 11.3 Å². The molecule has 3 rings (SSSR count). The first kappa shape index (κ1) is 22.4. The molecule has 0 aliphatic heterocycles. The van der Waals surface area contributed by atoms with Crippen LogP contribution in [0.15, 0.2) is 48.7 Å². The van der Waals surface area contributed by atoms with Crippen LogP contribution in [-0.2, 0) is 23.0 Å². The van der Waals surface area contributed by atoms with E-state index in [1.165, 1.54) is 13.2 Å². The summed E-state index contributed by atoms with van der Waals surface area (Å²) in [6.07, 6.45) is 3.16. The number of nitro benzene ring substituents is 1. The molecule has 0 radical (unpaired) electrons. The molecular formula is C21H23N3O6S. The van der Waals surface area contributed by atoms with Crippen LogP contribution in [0.4, 0.5) is 5.69 Å². The molecule has 0 aliphatic carbocycles. The van der Waals surface area contributed by atoms with Crippen LogP contribution in [0.5, 0.6) is 5.75 Å². The van der Waals surface area contributed by atoms with E-state index in [-0.39, 0.29) is 24.4 Å². The Hall–Kier alpha value is -3.24. The number of nitrogens with one attached hydrogen (secondary N) is 1. The molecule has 1 N–H and O–H groups in total. The number of ether oxygens (including phenoxy) is 1. The molecule has 1 aromatic heterocycles. The van der Waals surface area contributed by atoms with Gasteiger partial charge in [-0.2, -0.15) is 0 Å². The Morgan fingerprint density at radius 1 is 1.19 bits per heavy atom. The van der Waals surface area contributed by atoms with Gasteiger partial charge in [-0.25, -0.2) is 13.1 Å². The number of nitro groups is 1. The van der Waals surface area contributed by atoms with Gasteiger partial charge in [0.15, 0.2) is 5.78 Å². The second-order valence-electron chi connectivity index (χ2n) is 7.10. The fraction of sp³-hybridized carbons (Fsp3) is 0.286. The molecule has 0 atom stereocenters. The van der Waals surface area contributed by atoms with Crippen molar-refractivity contribution in [2.45, 2.75) is 19.4 Å². The van der Waals surface area contributed by atoms with Gasteiger partial charge < -0.3 is 9.30 Å². The van der Waals surface area contributed by atoms with Crippen molar-refractivity contribution in [2.75, 3.05) is 19.9 Å². The summed E-state index contributed by atoms with van der Waals surface area (Å²) >= 11 is 0. The molecule has 9 nitrogen and oxygen atoms in total. The number of sulfonamides is 1. The van der Waals surface area contributed by atoms with E-state index in [1.54, 1.807) is 35.0 Å². The molecule has 0 spiro atoms. The number of carbonyl (C=O) groups is 1. The Kier molecular flexibility index (Phi) is 6.71. The van der Waals surface area contributed by atoms with Crippen molar-refractivity contribution in [1.29, 1.82) is 0 Å². The SMILES string of the molecule is COc1ccccc1CC(=O)c1cn(CCCNS(C)(=O)=O)c2c([N+](=O)[O-])cccc12. The standard InChI is InChI=1S/C21H23N3O6S/c1-30-20-10-4-3-7-15(20)13-19(25)17-14-23(12-6-11-22-31(2,28)29)21-16(17)8-5-9-18(21)24(26)27/h3-5,7-10,14,22H,6,11-13H2,1-2H3. The summed E-state index contributed by atoms with van der Waals surface area (Å²) in [7, 11) is -1.79. The summed E-state index contributed by atoms with van der Waals surface area (Å²) in [5, 5.41) is 12.1. The molecule has 3 aromatic rings. The number of aryl methyl sites for hydroxylation is 1. The van der Waals surface area contributed by atoms with Gasteiger partial charge in [-0.15, -0.1) is 0 Å². The fourth-order valence-corrected chi connectivity index (χ4v) is 4.03. The van der Waals surface area contributed by atoms with E-state index in [0.29, 0.717) is 35.2 Å². The van der Waals surface area contributed by atoms with Gasteiger partial charge >= 0.3 is 0 Å². The predicted octanol–water partition coefficient (Wildman–Crippen LogP) is 2.92. The van der Waals surface area contributed by atoms with E-state index < -0.39 is 14.9 Å². The first-order chi connectivity index (χ1) is 14.7. The van der Waals surface area contributed by atoms with Crippen LogP contribution >= 0.6 is 0 Å². The minimum absolute atomic E-state index is 0.0848. The molecular weight excluding hydrogens is 422 g/mol. The number of Topliss-reactive ketones (excluding diaryl/α,β-unsaturated/α-hetero) is 1. The Bertz CT molecular complexity index is 1230. The maximum Gasteiger partial charge on any atom is 0.293 e. The predicted molar refractivity (Wildman–Crippen MR) is 117 cm³/mol. The Morgan fingerprint density at radius 2 is 1.94 bits per heavy atom. The van der Waals surface area contributed by atoms with Gasteiger partial charge in [0.05, 0.1) is 18.3 Å². The van der Waals surface area contributed by atoms with Crippen molar-refractivity contribution >= 4 is 32.4 Å². The van der Waals surface area contributed by atoms with Gasteiger partial charge in [0.25, 0.3) is 5.69 Å². The number of benzene rings is 2. The van der Waals surface area contributed by atoms with Gasteiger partial charge in [-0.3, -0.25) is 14.9 Å². The minimum Gasteiger partial charge on any atom is -0.496 e. The van der Waals surface area contributed by atoms with E-state index in [0.717, 1.165) is 11.8 Å². The first-order valence-corrected chi connectivity index (χ1v) is 11.5. The molecule has 0 aliphatic rings. The molecule has 31 heavy (non-hydrogen) atoms. The quantitative estimate of drug-likeness (QED) is 0.222. The smallest absolute Gasteiger partial charge is 0.293 e. The first-order valence-electron chi connectivity index (χ1n) is 9.57. The van der Waals surface area contributed by atoms with Crippen LogP contribution in [0.1, 0.15) is 22.3 Å². The number of methoxy groups -OCH3 is 1. The van der Waals surface area contributed by atoms with Gasteiger partial charge in [-0.05, 0) is 12.5 Å². The summed E-state index contributed by atoms with van der Waals surface area (Å²) in [5.74, 6) is 0.403. The molecule has 0 amide bonds. The number of non-ortho nitro benzene ring substituents is 1. The van der Waals surface area contributed by atoms with Crippen molar-refractivity contribution in [3.8, 4) is 5.75 Å². The molecule has 1 heterocycles. The van der Waals surface area contributed by atoms with Crippen LogP contribution in [0.2, 0.25) is 0 Å². The Balaban J connectivity index is 1.97. The van der Waals surface area contributed by atoms with Gasteiger partial charge in [-0.1, -0.05) is 30.3 Å². The monoisotopic (exact) mass is 445 g/mol. The molecule has 2 aromatic carbocycles. The third-order valence-electron chi connectivity index (χ3n) is 4.86. The zero-order valence-electron chi connectivity index (χ0n) is 17.2. The third kappa shape index (κ3) is 5.28. The molecule has 0 unspecified atom stereocenters. The summed E-state index contributed by atoms with van der Waals surface area (Å²) in [5.41, 5.74) is 1.33. The number of para-hydroxylation sites is 2. The highest BCUT2D eigenvalue weighted by Crippen LogP contribution is 2.31. The lowest BCUT2D eigenvalue weighted by atomic mass is 10.0. The highest BCUT2D eigenvalue weighted by Gasteiger charge is 2.22. The van der Waals surface area contributed by atoms with Crippen LogP contribution in [0.25, 0.3) is 10.9 Å². The number of hydrogen-bond donors (Lipinski definition) is 1. The van der Waals surface area contributed by atoms with E-state index in [2.05, 4.69) is 4.72 Å². The van der Waals surface area contributed by atoms with E-state index >= 15 is 0 Å². The van der Waals surface area contributed by atoms with E-state index in [1.807, 2.05) is 12.1 Å². The van der Waals surface area contributed by atoms with Crippen LogP contribution in [0.3, 0.4) is 0 Å². The van der Waals surface area contributed by atoms with Gasteiger partial charge in [0.2, 0.25) is 10.0 Å². The third-order valence-corrected chi connectivity index (χ3v) is 5.59. The Labute approximate surface area is 179 Å². The minimum atomic E-state index is -3.33. The van der Waals surface area contributed by atoms with Crippen LogP contribution in [-0.4, -0.2) is 43.6 Å². The number of nitrogens with zero attached hydrogens (tertiary/aromatic N) is 2. The molecule has 0 bridgehead atoms. The zero-order valence-corrected chi connectivity index (χ0v) is 18.0. The largest absolute Gasteiger partial charge is 0.496 e. The molecule has 0 fully saturated rings. The van der Waals surface area contributed by atoms with Crippen molar-refractivity contribution in [3.05, 3.63) is 69.9 Å². The van der Waals surface area contributed by atoms with Gasteiger partial charge in [0, 0.05) is 48.3 Å². The molecule has 0 saturated carbocycles. The summed E-state index contributed by atoms with van der Waals surface area (Å²) < 4.78 is 31.9. The summed E-state index contributed by atoms with van der Waals surface area (Å²) in [6.45, 7) is 0.495. The fourth-order valence-electron chi connectivity index (χ4n) is 3.51. The average Bonchev–Trinajstić information content (AvgIpc) is 3.09. The van der Waals surface area contributed by atoms with E-state index in [4.69, 9.17) is 4.74 Å². The lowest BCUT2D eigenvalue weighted by Gasteiger charge is -2.07. The second kappa shape index (κ2) is 9.27. The van der Waals surface area contributed by atoms with Crippen LogP contribution in [0, 0.1) is 10.1 Å². The Morgan fingerprint density at radius 3 is 2.61 bits per heavy atom.